The maximum atomic E-state index is 12.4. The molecule has 2 rings (SSSR count). The van der Waals surface area contributed by atoms with Crippen LogP contribution < -0.4 is 9.88 Å². The molecule has 3 heteroatoms. The van der Waals surface area contributed by atoms with E-state index in [4.69, 9.17) is 0 Å². The molecule has 0 radical (unpaired) electrons. The minimum Gasteiger partial charge on any atom is -0.352 e. The second-order valence-electron chi connectivity index (χ2n) is 7.69. The first-order valence-electron chi connectivity index (χ1n) is 11.1. The van der Waals surface area contributed by atoms with E-state index in [2.05, 4.69) is 28.9 Å². The average molecular weight is 382 g/mol. The molecule has 0 aliphatic carbocycles. The molecule has 1 N–H and O–H groups in total. The van der Waals surface area contributed by atoms with Crippen molar-refractivity contribution in [2.45, 2.75) is 77.7 Å². The highest BCUT2D eigenvalue weighted by Gasteiger charge is 2.10. The normalized spacial score (nSPS) is 10.8. The molecular formula is C25H37N2O+. The van der Waals surface area contributed by atoms with E-state index in [-0.39, 0.29) is 5.91 Å². The lowest BCUT2D eigenvalue weighted by Gasteiger charge is -2.05. The first kappa shape index (κ1) is 22.1. The van der Waals surface area contributed by atoms with Gasteiger partial charge < -0.3 is 5.32 Å². The SMILES string of the molecule is CCCCCCCCCCCCNC(=O)c1ccc[n+](Cc2ccccc2)c1. The van der Waals surface area contributed by atoms with Crippen LogP contribution in [0.15, 0.2) is 54.9 Å². The molecule has 1 aromatic carbocycles. The van der Waals surface area contributed by atoms with Gasteiger partial charge in [0.1, 0.15) is 5.56 Å². The van der Waals surface area contributed by atoms with Crippen molar-refractivity contribution >= 4 is 5.91 Å². The van der Waals surface area contributed by atoms with Crippen LogP contribution in [0.2, 0.25) is 0 Å². The van der Waals surface area contributed by atoms with E-state index >= 15 is 0 Å². The first-order chi connectivity index (χ1) is 13.8. The molecule has 0 atom stereocenters. The number of pyridine rings is 1. The number of hydrogen-bond donors (Lipinski definition) is 1. The fourth-order valence-electron chi connectivity index (χ4n) is 3.47. The summed E-state index contributed by atoms with van der Waals surface area (Å²) in [4.78, 5) is 12.4. The summed E-state index contributed by atoms with van der Waals surface area (Å²) in [5.74, 6) is 0.0262. The highest BCUT2D eigenvalue weighted by atomic mass is 16.1. The largest absolute Gasteiger partial charge is 0.352 e. The van der Waals surface area contributed by atoms with Crippen molar-refractivity contribution < 1.29 is 9.36 Å². The first-order valence-corrected chi connectivity index (χ1v) is 11.1. The minimum atomic E-state index is 0.0262. The summed E-state index contributed by atoms with van der Waals surface area (Å²) in [5, 5.41) is 3.06. The Morgan fingerprint density at radius 1 is 0.821 bits per heavy atom. The molecule has 0 aliphatic rings. The lowest BCUT2D eigenvalue weighted by Crippen LogP contribution is -2.36. The Balaban J connectivity index is 1.58. The summed E-state index contributed by atoms with van der Waals surface area (Å²) < 4.78 is 2.06. The maximum absolute atomic E-state index is 12.4. The Bertz CT molecular complexity index is 669. The zero-order chi connectivity index (χ0) is 19.9. The quantitative estimate of drug-likeness (QED) is 0.332. The topological polar surface area (TPSA) is 33.0 Å². The summed E-state index contributed by atoms with van der Waals surface area (Å²) in [5.41, 5.74) is 1.96. The van der Waals surface area contributed by atoms with Gasteiger partial charge in [-0.2, -0.15) is 4.57 Å². The van der Waals surface area contributed by atoms with Gasteiger partial charge in [0.05, 0.1) is 0 Å². The minimum absolute atomic E-state index is 0.0262. The Hall–Kier alpha value is -2.16. The highest BCUT2D eigenvalue weighted by molar-refractivity contribution is 5.93. The van der Waals surface area contributed by atoms with E-state index in [1.807, 2.05) is 42.7 Å². The lowest BCUT2D eigenvalue weighted by atomic mass is 10.1. The van der Waals surface area contributed by atoms with Crippen molar-refractivity contribution in [2.75, 3.05) is 6.54 Å². The molecule has 1 amide bonds. The van der Waals surface area contributed by atoms with Crippen LogP contribution in [-0.2, 0) is 6.54 Å². The molecular weight excluding hydrogens is 344 g/mol. The second-order valence-corrected chi connectivity index (χ2v) is 7.69. The van der Waals surface area contributed by atoms with Crippen molar-refractivity contribution in [3.63, 3.8) is 0 Å². The van der Waals surface area contributed by atoms with E-state index in [9.17, 15) is 4.79 Å². The smallest absolute Gasteiger partial charge is 0.257 e. The van der Waals surface area contributed by atoms with Crippen LogP contribution in [0.1, 0.15) is 87.1 Å². The molecule has 0 saturated heterocycles. The van der Waals surface area contributed by atoms with Gasteiger partial charge in [0.2, 0.25) is 0 Å². The summed E-state index contributed by atoms with van der Waals surface area (Å²) in [7, 11) is 0. The summed E-state index contributed by atoms with van der Waals surface area (Å²) in [6, 6.07) is 14.1. The Labute approximate surface area is 171 Å². The van der Waals surface area contributed by atoms with Crippen molar-refractivity contribution in [2.24, 2.45) is 0 Å². The second kappa shape index (κ2) is 13.9. The lowest BCUT2D eigenvalue weighted by molar-refractivity contribution is -0.688. The maximum Gasteiger partial charge on any atom is 0.257 e. The number of carbonyl (C=O) groups is 1. The van der Waals surface area contributed by atoms with Gasteiger partial charge >= 0.3 is 0 Å². The van der Waals surface area contributed by atoms with Crippen molar-refractivity contribution in [1.82, 2.24) is 5.32 Å². The third-order valence-corrected chi connectivity index (χ3v) is 5.14. The van der Waals surface area contributed by atoms with Crippen LogP contribution in [0, 0.1) is 0 Å². The standard InChI is InChI=1S/C25H36N2O/c1-2-3-4-5-6-7-8-9-10-14-19-26-25(28)24-18-15-20-27(22-24)21-23-16-12-11-13-17-23/h11-13,15-18,20,22H,2-10,14,19,21H2,1H3/p+1. The van der Waals surface area contributed by atoms with Crippen LogP contribution in [0.25, 0.3) is 0 Å². The number of unbranched alkanes of at least 4 members (excludes halogenated alkanes) is 9. The fourth-order valence-corrected chi connectivity index (χ4v) is 3.47. The Kier molecular flexibility index (Phi) is 11.0. The molecule has 2 aromatic rings. The number of benzene rings is 1. The van der Waals surface area contributed by atoms with Crippen LogP contribution >= 0.6 is 0 Å². The summed E-state index contributed by atoms with van der Waals surface area (Å²) in [6.07, 6.45) is 17.1. The number of rotatable bonds is 14. The zero-order valence-electron chi connectivity index (χ0n) is 17.5. The van der Waals surface area contributed by atoms with Gasteiger partial charge in [0, 0.05) is 18.2 Å². The number of carbonyl (C=O) groups excluding carboxylic acids is 1. The molecule has 0 aliphatic heterocycles. The van der Waals surface area contributed by atoms with E-state index in [1.165, 1.54) is 63.4 Å². The van der Waals surface area contributed by atoms with Gasteiger partial charge in [-0.15, -0.1) is 0 Å². The third-order valence-electron chi connectivity index (χ3n) is 5.14. The molecule has 3 nitrogen and oxygen atoms in total. The van der Waals surface area contributed by atoms with Gasteiger partial charge in [-0.25, -0.2) is 0 Å². The van der Waals surface area contributed by atoms with E-state index in [1.54, 1.807) is 0 Å². The molecule has 152 valence electrons. The van der Waals surface area contributed by atoms with Crippen LogP contribution in [0.3, 0.4) is 0 Å². The van der Waals surface area contributed by atoms with E-state index in [0.717, 1.165) is 25.1 Å². The molecule has 1 aromatic heterocycles. The number of nitrogens with zero attached hydrogens (tertiary/aromatic N) is 1. The summed E-state index contributed by atoms with van der Waals surface area (Å²) >= 11 is 0. The van der Waals surface area contributed by atoms with Gasteiger partial charge in [0.25, 0.3) is 5.91 Å². The Morgan fingerprint density at radius 3 is 2.14 bits per heavy atom. The molecule has 0 spiro atoms. The number of nitrogens with one attached hydrogen (secondary N) is 1. The molecule has 0 fully saturated rings. The Morgan fingerprint density at radius 2 is 1.46 bits per heavy atom. The monoisotopic (exact) mass is 381 g/mol. The molecule has 0 saturated carbocycles. The predicted molar refractivity (Wildman–Crippen MR) is 116 cm³/mol. The predicted octanol–water partition coefficient (Wildman–Crippen LogP) is 5.67. The molecule has 0 unspecified atom stereocenters. The van der Waals surface area contributed by atoms with Crippen molar-refractivity contribution in [3.05, 3.63) is 66.0 Å². The number of hydrogen-bond acceptors (Lipinski definition) is 1. The highest BCUT2D eigenvalue weighted by Crippen LogP contribution is 2.10. The third kappa shape index (κ3) is 9.16. The molecule has 0 bridgehead atoms. The van der Waals surface area contributed by atoms with Gasteiger partial charge in [0.15, 0.2) is 18.9 Å². The van der Waals surface area contributed by atoms with Crippen LogP contribution in [0.5, 0.6) is 0 Å². The van der Waals surface area contributed by atoms with E-state index in [0.29, 0.717) is 0 Å². The summed E-state index contributed by atoms with van der Waals surface area (Å²) in [6.45, 7) is 3.81. The number of aromatic nitrogens is 1. The zero-order valence-corrected chi connectivity index (χ0v) is 17.5. The van der Waals surface area contributed by atoms with Crippen LogP contribution in [0.4, 0.5) is 0 Å². The molecule has 1 heterocycles. The van der Waals surface area contributed by atoms with Gasteiger partial charge in [-0.1, -0.05) is 95.0 Å². The average Bonchev–Trinajstić information content (AvgIpc) is 2.73. The van der Waals surface area contributed by atoms with Crippen molar-refractivity contribution in [1.29, 1.82) is 0 Å². The fraction of sp³-hybridized carbons (Fsp3) is 0.520. The van der Waals surface area contributed by atoms with Gasteiger partial charge in [-0.3, -0.25) is 4.79 Å². The van der Waals surface area contributed by atoms with Crippen molar-refractivity contribution in [3.8, 4) is 0 Å². The van der Waals surface area contributed by atoms with E-state index < -0.39 is 0 Å². The van der Waals surface area contributed by atoms with Crippen LogP contribution in [-0.4, -0.2) is 12.5 Å². The van der Waals surface area contributed by atoms with Gasteiger partial charge in [-0.05, 0) is 12.5 Å². The number of amides is 1. The molecule has 28 heavy (non-hydrogen) atoms.